The van der Waals surface area contributed by atoms with Crippen molar-refractivity contribution in [2.45, 2.75) is 20.4 Å². The molecule has 0 amide bonds. The Hall–Kier alpha value is -1.39. The van der Waals surface area contributed by atoms with E-state index in [1.54, 1.807) is 0 Å². The first kappa shape index (κ1) is 13.1. The van der Waals surface area contributed by atoms with Gasteiger partial charge >= 0.3 is 0 Å². The lowest BCUT2D eigenvalue weighted by Gasteiger charge is -2.03. The minimum Gasteiger partial charge on any atom is -0.338 e. The van der Waals surface area contributed by atoms with Crippen LogP contribution in [0.1, 0.15) is 19.7 Å². The van der Waals surface area contributed by atoms with Gasteiger partial charge in [-0.1, -0.05) is 30.6 Å². The number of halogens is 1. The normalized spacial score (nSPS) is 11.1. The molecule has 96 valence electrons. The van der Waals surface area contributed by atoms with Gasteiger partial charge in [0, 0.05) is 10.6 Å². The van der Waals surface area contributed by atoms with Crippen LogP contribution in [0.4, 0.5) is 0 Å². The Morgan fingerprint density at radius 3 is 2.67 bits per heavy atom. The van der Waals surface area contributed by atoms with Gasteiger partial charge in [-0.15, -0.1) is 0 Å². The fourth-order valence-electron chi connectivity index (χ4n) is 1.51. The topological polar surface area (TPSA) is 51.0 Å². The summed E-state index contributed by atoms with van der Waals surface area (Å²) in [5.74, 6) is 1.79. The van der Waals surface area contributed by atoms with Crippen LogP contribution >= 0.6 is 11.6 Å². The van der Waals surface area contributed by atoms with E-state index in [-0.39, 0.29) is 0 Å². The number of nitrogens with one attached hydrogen (secondary N) is 1. The number of rotatable bonds is 5. The summed E-state index contributed by atoms with van der Waals surface area (Å²) in [6.45, 7) is 5.83. The first-order valence-corrected chi connectivity index (χ1v) is 6.32. The average molecular weight is 266 g/mol. The van der Waals surface area contributed by atoms with Gasteiger partial charge in [-0.3, -0.25) is 0 Å². The highest BCUT2D eigenvalue weighted by molar-refractivity contribution is 6.30. The molecule has 0 aliphatic heterocycles. The molecule has 2 aromatic rings. The van der Waals surface area contributed by atoms with Crippen molar-refractivity contribution in [3.63, 3.8) is 0 Å². The zero-order valence-electron chi connectivity index (χ0n) is 10.5. The van der Waals surface area contributed by atoms with Crippen LogP contribution in [0, 0.1) is 5.92 Å². The third kappa shape index (κ3) is 3.55. The molecular weight excluding hydrogens is 250 g/mol. The summed E-state index contributed by atoms with van der Waals surface area (Å²) in [7, 11) is 0. The maximum Gasteiger partial charge on any atom is 0.240 e. The number of nitrogens with zero attached hydrogens (tertiary/aromatic N) is 2. The lowest BCUT2D eigenvalue weighted by Crippen LogP contribution is -2.19. The number of aromatic nitrogens is 2. The molecule has 0 aliphatic carbocycles. The van der Waals surface area contributed by atoms with Crippen LogP contribution in [0.3, 0.4) is 0 Å². The summed E-state index contributed by atoms with van der Waals surface area (Å²) in [4.78, 5) is 4.32. The molecule has 5 heteroatoms. The van der Waals surface area contributed by atoms with E-state index in [1.807, 2.05) is 24.3 Å². The molecule has 0 fully saturated rings. The molecule has 0 aliphatic rings. The molecule has 1 aromatic heterocycles. The Bertz CT molecular complexity index is 493. The van der Waals surface area contributed by atoms with Crippen molar-refractivity contribution in [1.29, 1.82) is 0 Å². The van der Waals surface area contributed by atoms with E-state index in [2.05, 4.69) is 29.3 Å². The van der Waals surface area contributed by atoms with Crippen molar-refractivity contribution in [3.8, 4) is 11.4 Å². The lowest BCUT2D eigenvalue weighted by molar-refractivity contribution is 0.364. The van der Waals surface area contributed by atoms with Crippen LogP contribution in [-0.2, 0) is 6.54 Å². The maximum absolute atomic E-state index is 5.83. The van der Waals surface area contributed by atoms with Gasteiger partial charge in [0.25, 0.3) is 0 Å². The molecule has 1 aromatic carbocycles. The third-order valence-electron chi connectivity index (χ3n) is 2.40. The minimum atomic E-state index is 0.591. The molecule has 1 N–H and O–H groups in total. The Morgan fingerprint density at radius 1 is 1.28 bits per heavy atom. The molecule has 18 heavy (non-hydrogen) atoms. The predicted molar refractivity (Wildman–Crippen MR) is 71.3 cm³/mol. The van der Waals surface area contributed by atoms with Crippen LogP contribution in [0.2, 0.25) is 5.02 Å². The van der Waals surface area contributed by atoms with Crippen LogP contribution in [0.25, 0.3) is 11.4 Å². The van der Waals surface area contributed by atoms with E-state index >= 15 is 0 Å². The molecule has 1 heterocycles. The summed E-state index contributed by atoms with van der Waals surface area (Å²) in [6, 6.07) is 7.37. The van der Waals surface area contributed by atoms with Crippen LogP contribution in [-0.4, -0.2) is 16.7 Å². The zero-order valence-corrected chi connectivity index (χ0v) is 11.2. The summed E-state index contributed by atoms with van der Waals surface area (Å²) >= 11 is 5.83. The lowest BCUT2D eigenvalue weighted by atomic mass is 10.2. The molecule has 0 saturated heterocycles. The van der Waals surface area contributed by atoms with E-state index in [9.17, 15) is 0 Å². The van der Waals surface area contributed by atoms with Gasteiger partial charge in [0.1, 0.15) is 0 Å². The van der Waals surface area contributed by atoms with Gasteiger partial charge in [0.2, 0.25) is 11.7 Å². The van der Waals surface area contributed by atoms with Gasteiger partial charge in [-0.2, -0.15) is 4.98 Å². The first-order chi connectivity index (χ1) is 8.65. The van der Waals surface area contributed by atoms with Crippen molar-refractivity contribution in [3.05, 3.63) is 35.2 Å². The molecule has 0 unspecified atom stereocenters. The maximum atomic E-state index is 5.83. The molecule has 4 nitrogen and oxygen atoms in total. The summed E-state index contributed by atoms with van der Waals surface area (Å²) in [5, 5.41) is 7.90. The van der Waals surface area contributed by atoms with Crippen LogP contribution in [0.15, 0.2) is 28.8 Å². The van der Waals surface area contributed by atoms with E-state index in [1.165, 1.54) is 0 Å². The molecule has 2 rings (SSSR count). The van der Waals surface area contributed by atoms with Crippen LogP contribution < -0.4 is 5.32 Å². The molecule has 0 bridgehead atoms. The third-order valence-corrected chi connectivity index (χ3v) is 2.65. The number of hydrogen-bond acceptors (Lipinski definition) is 4. The summed E-state index contributed by atoms with van der Waals surface area (Å²) < 4.78 is 5.17. The zero-order chi connectivity index (χ0) is 13.0. The van der Waals surface area contributed by atoms with Crippen molar-refractivity contribution < 1.29 is 4.52 Å². The highest BCUT2D eigenvalue weighted by Gasteiger charge is 2.08. The molecule has 0 spiro atoms. The van der Waals surface area contributed by atoms with Crippen molar-refractivity contribution in [2.75, 3.05) is 6.54 Å². The number of hydrogen-bond donors (Lipinski definition) is 1. The van der Waals surface area contributed by atoms with Gasteiger partial charge < -0.3 is 9.84 Å². The van der Waals surface area contributed by atoms with Crippen molar-refractivity contribution in [2.24, 2.45) is 5.92 Å². The Labute approximate surface area is 111 Å². The van der Waals surface area contributed by atoms with Gasteiger partial charge in [-0.25, -0.2) is 0 Å². The Kier molecular flexibility index (Phi) is 4.33. The van der Waals surface area contributed by atoms with Gasteiger partial charge in [0.05, 0.1) is 6.54 Å². The smallest absolute Gasteiger partial charge is 0.240 e. The highest BCUT2D eigenvalue weighted by Crippen LogP contribution is 2.18. The Balaban J connectivity index is 1.99. The van der Waals surface area contributed by atoms with E-state index in [0.717, 1.165) is 12.1 Å². The van der Waals surface area contributed by atoms with E-state index in [4.69, 9.17) is 16.1 Å². The molecule has 0 atom stereocenters. The minimum absolute atomic E-state index is 0.591. The summed E-state index contributed by atoms with van der Waals surface area (Å²) in [5.41, 5.74) is 0.901. The fourth-order valence-corrected chi connectivity index (χ4v) is 1.64. The summed E-state index contributed by atoms with van der Waals surface area (Å²) in [6.07, 6.45) is 0. The van der Waals surface area contributed by atoms with Crippen molar-refractivity contribution >= 4 is 11.6 Å². The van der Waals surface area contributed by atoms with Gasteiger partial charge in [0.15, 0.2) is 0 Å². The van der Waals surface area contributed by atoms with Crippen molar-refractivity contribution in [1.82, 2.24) is 15.5 Å². The van der Waals surface area contributed by atoms with E-state index < -0.39 is 0 Å². The van der Waals surface area contributed by atoms with E-state index in [0.29, 0.717) is 29.2 Å². The number of benzene rings is 1. The Morgan fingerprint density at radius 2 is 2.00 bits per heavy atom. The quantitative estimate of drug-likeness (QED) is 0.902. The first-order valence-electron chi connectivity index (χ1n) is 5.94. The van der Waals surface area contributed by atoms with Crippen LogP contribution in [0.5, 0.6) is 0 Å². The SMILES string of the molecule is CC(C)CNCc1nc(-c2ccc(Cl)cc2)no1. The second-order valence-corrected chi connectivity index (χ2v) is 4.98. The predicted octanol–water partition coefficient (Wildman–Crippen LogP) is 3.14. The standard InChI is InChI=1S/C13H16ClN3O/c1-9(2)7-15-8-12-16-13(17-18-12)10-3-5-11(14)6-4-10/h3-6,9,15H,7-8H2,1-2H3. The largest absolute Gasteiger partial charge is 0.338 e. The molecular formula is C13H16ClN3O. The highest BCUT2D eigenvalue weighted by atomic mass is 35.5. The fraction of sp³-hybridized carbons (Fsp3) is 0.385. The van der Waals surface area contributed by atoms with Gasteiger partial charge in [-0.05, 0) is 36.7 Å². The second kappa shape index (κ2) is 5.98. The average Bonchev–Trinajstić information content (AvgIpc) is 2.78. The molecule has 0 saturated carbocycles. The monoisotopic (exact) mass is 265 g/mol. The molecule has 0 radical (unpaired) electrons. The second-order valence-electron chi connectivity index (χ2n) is 4.54.